The van der Waals surface area contributed by atoms with Crippen LogP contribution in [0.5, 0.6) is 0 Å². The van der Waals surface area contributed by atoms with E-state index in [1.54, 1.807) is 0 Å². The van der Waals surface area contributed by atoms with Crippen LogP contribution >= 0.6 is 0 Å². The molecule has 0 bridgehead atoms. The second-order valence-corrected chi connectivity index (χ2v) is 7.55. The molecule has 0 spiro atoms. The Morgan fingerprint density at radius 1 is 1.19 bits per heavy atom. The minimum absolute atomic E-state index is 0.305. The van der Waals surface area contributed by atoms with Crippen LogP contribution in [0, 0.1) is 5.92 Å². The van der Waals surface area contributed by atoms with Gasteiger partial charge in [-0.3, -0.25) is 9.89 Å². The van der Waals surface area contributed by atoms with Crippen LogP contribution in [0.2, 0.25) is 0 Å². The van der Waals surface area contributed by atoms with Crippen LogP contribution in [0.4, 0.5) is 13.2 Å². The van der Waals surface area contributed by atoms with Crippen molar-refractivity contribution in [1.82, 2.24) is 20.0 Å². The zero-order valence-corrected chi connectivity index (χ0v) is 16.2. The van der Waals surface area contributed by atoms with Crippen molar-refractivity contribution in [2.24, 2.45) is 10.9 Å². The highest BCUT2D eigenvalue weighted by molar-refractivity contribution is 5.80. The first-order valence-electron chi connectivity index (χ1n) is 9.88. The molecule has 0 aromatic rings. The van der Waals surface area contributed by atoms with Crippen LogP contribution in [0.1, 0.15) is 32.6 Å². The van der Waals surface area contributed by atoms with Gasteiger partial charge >= 0.3 is 6.18 Å². The summed E-state index contributed by atoms with van der Waals surface area (Å²) < 4.78 is 37.2. The Kier molecular flexibility index (Phi) is 8.47. The SMILES string of the molecule is CCNC(=NCCN(C)CC(F)(F)F)N1CCC(CN2CCCCC2)C1. The first-order valence-corrected chi connectivity index (χ1v) is 9.88. The fourth-order valence-electron chi connectivity index (χ4n) is 3.82. The number of piperidine rings is 1. The van der Waals surface area contributed by atoms with Gasteiger partial charge in [-0.25, -0.2) is 0 Å². The number of rotatable bonds is 7. The lowest BCUT2D eigenvalue weighted by Crippen LogP contribution is -2.42. The van der Waals surface area contributed by atoms with Crippen LogP contribution in [-0.2, 0) is 0 Å². The molecule has 5 nitrogen and oxygen atoms in total. The third-order valence-corrected chi connectivity index (χ3v) is 5.08. The molecule has 1 unspecified atom stereocenters. The van der Waals surface area contributed by atoms with Gasteiger partial charge < -0.3 is 15.1 Å². The summed E-state index contributed by atoms with van der Waals surface area (Å²) in [5, 5.41) is 3.29. The van der Waals surface area contributed by atoms with Crippen LogP contribution in [0.3, 0.4) is 0 Å². The number of halogens is 3. The van der Waals surface area contributed by atoms with E-state index in [1.165, 1.54) is 44.3 Å². The van der Waals surface area contributed by atoms with E-state index in [1.807, 2.05) is 6.92 Å². The number of alkyl halides is 3. The van der Waals surface area contributed by atoms with E-state index < -0.39 is 12.7 Å². The molecule has 0 saturated carbocycles. The molecule has 2 rings (SSSR count). The second-order valence-electron chi connectivity index (χ2n) is 7.55. The number of likely N-dealkylation sites (N-methyl/N-ethyl adjacent to an activating group) is 1. The number of nitrogens with one attached hydrogen (secondary N) is 1. The molecule has 0 aromatic heterocycles. The predicted octanol–water partition coefficient (Wildman–Crippen LogP) is 2.25. The van der Waals surface area contributed by atoms with E-state index in [0.29, 0.717) is 19.0 Å². The third kappa shape index (κ3) is 7.70. The van der Waals surface area contributed by atoms with E-state index in [9.17, 15) is 13.2 Å². The zero-order chi connectivity index (χ0) is 19.0. The van der Waals surface area contributed by atoms with Gasteiger partial charge in [-0.1, -0.05) is 6.42 Å². The number of guanidine groups is 1. The number of hydrogen-bond donors (Lipinski definition) is 1. The molecule has 0 radical (unpaired) electrons. The van der Waals surface area contributed by atoms with Gasteiger partial charge in [0.1, 0.15) is 0 Å². The van der Waals surface area contributed by atoms with Crippen molar-refractivity contribution in [3.05, 3.63) is 0 Å². The number of hydrogen-bond acceptors (Lipinski definition) is 3. The van der Waals surface area contributed by atoms with Crippen molar-refractivity contribution in [2.75, 3.05) is 66.0 Å². The molecular weight excluding hydrogens is 343 g/mol. The quantitative estimate of drug-likeness (QED) is 0.545. The fourth-order valence-corrected chi connectivity index (χ4v) is 3.82. The van der Waals surface area contributed by atoms with E-state index in [2.05, 4.69) is 20.1 Å². The molecule has 8 heteroatoms. The number of likely N-dealkylation sites (tertiary alicyclic amines) is 2. The number of aliphatic imine (C=N–C) groups is 1. The maximum atomic E-state index is 12.4. The van der Waals surface area contributed by atoms with Crippen LogP contribution < -0.4 is 5.32 Å². The van der Waals surface area contributed by atoms with E-state index in [0.717, 1.165) is 38.6 Å². The summed E-state index contributed by atoms with van der Waals surface area (Å²) in [4.78, 5) is 10.7. The van der Waals surface area contributed by atoms with Crippen molar-refractivity contribution in [1.29, 1.82) is 0 Å². The summed E-state index contributed by atoms with van der Waals surface area (Å²) in [6, 6.07) is 0. The Labute approximate surface area is 155 Å². The topological polar surface area (TPSA) is 34.1 Å². The molecule has 1 atom stereocenters. The van der Waals surface area contributed by atoms with E-state index >= 15 is 0 Å². The minimum atomic E-state index is -4.15. The Morgan fingerprint density at radius 2 is 1.92 bits per heavy atom. The van der Waals surface area contributed by atoms with Crippen LogP contribution in [-0.4, -0.2) is 92.8 Å². The fraction of sp³-hybridized carbons (Fsp3) is 0.944. The maximum Gasteiger partial charge on any atom is 0.401 e. The summed E-state index contributed by atoms with van der Waals surface area (Å²) >= 11 is 0. The summed E-state index contributed by atoms with van der Waals surface area (Å²) in [5.41, 5.74) is 0. The van der Waals surface area contributed by atoms with E-state index in [4.69, 9.17) is 0 Å². The summed E-state index contributed by atoms with van der Waals surface area (Å²) in [5.74, 6) is 1.50. The number of nitrogens with zero attached hydrogens (tertiary/aromatic N) is 4. The molecule has 152 valence electrons. The van der Waals surface area contributed by atoms with Gasteiger partial charge in [0.05, 0.1) is 13.1 Å². The molecule has 1 N–H and O–H groups in total. The first-order chi connectivity index (χ1) is 12.4. The van der Waals surface area contributed by atoms with Gasteiger partial charge in [0.25, 0.3) is 0 Å². The van der Waals surface area contributed by atoms with Gasteiger partial charge in [0.15, 0.2) is 5.96 Å². The summed E-state index contributed by atoms with van der Waals surface area (Å²) in [6.07, 6.45) is 0.986. The average Bonchev–Trinajstić information content (AvgIpc) is 3.01. The highest BCUT2D eigenvalue weighted by atomic mass is 19.4. The van der Waals surface area contributed by atoms with Crippen molar-refractivity contribution < 1.29 is 13.2 Å². The zero-order valence-electron chi connectivity index (χ0n) is 16.2. The van der Waals surface area contributed by atoms with Gasteiger partial charge in [-0.15, -0.1) is 0 Å². The van der Waals surface area contributed by atoms with Gasteiger partial charge in [-0.05, 0) is 52.2 Å². The van der Waals surface area contributed by atoms with Crippen molar-refractivity contribution >= 4 is 5.96 Å². The van der Waals surface area contributed by atoms with E-state index in [-0.39, 0.29) is 0 Å². The molecule has 0 aliphatic carbocycles. The van der Waals surface area contributed by atoms with Crippen LogP contribution in [0.25, 0.3) is 0 Å². The maximum absolute atomic E-state index is 12.4. The second kappa shape index (κ2) is 10.3. The Morgan fingerprint density at radius 3 is 2.58 bits per heavy atom. The monoisotopic (exact) mass is 377 g/mol. The Bertz CT molecular complexity index is 435. The molecular formula is C18H34F3N5. The normalized spacial score (nSPS) is 23.1. The molecule has 2 heterocycles. The predicted molar refractivity (Wildman–Crippen MR) is 99.5 cm³/mol. The van der Waals surface area contributed by atoms with Gasteiger partial charge in [0.2, 0.25) is 0 Å². The van der Waals surface area contributed by atoms with Crippen molar-refractivity contribution in [2.45, 2.75) is 38.8 Å². The minimum Gasteiger partial charge on any atom is -0.357 e. The van der Waals surface area contributed by atoms with Gasteiger partial charge in [0, 0.05) is 32.7 Å². The van der Waals surface area contributed by atoms with Gasteiger partial charge in [-0.2, -0.15) is 13.2 Å². The molecule has 0 aromatic carbocycles. The lowest BCUT2D eigenvalue weighted by Gasteiger charge is -2.29. The molecule has 2 saturated heterocycles. The summed E-state index contributed by atoms with van der Waals surface area (Å²) in [7, 11) is 1.49. The summed E-state index contributed by atoms with van der Waals surface area (Å²) in [6.45, 7) is 8.14. The Balaban J connectivity index is 1.78. The highest BCUT2D eigenvalue weighted by Gasteiger charge is 2.29. The molecule has 0 amide bonds. The average molecular weight is 377 g/mol. The Hall–Kier alpha value is -1.02. The third-order valence-electron chi connectivity index (χ3n) is 5.08. The molecule has 2 fully saturated rings. The lowest BCUT2D eigenvalue weighted by molar-refractivity contribution is -0.142. The van der Waals surface area contributed by atoms with Crippen LogP contribution in [0.15, 0.2) is 4.99 Å². The molecule has 2 aliphatic rings. The largest absolute Gasteiger partial charge is 0.401 e. The van der Waals surface area contributed by atoms with Crippen molar-refractivity contribution in [3.8, 4) is 0 Å². The highest BCUT2D eigenvalue weighted by Crippen LogP contribution is 2.20. The molecule has 2 aliphatic heterocycles. The smallest absolute Gasteiger partial charge is 0.357 e. The first kappa shape index (κ1) is 21.3. The van der Waals surface area contributed by atoms with Crippen molar-refractivity contribution in [3.63, 3.8) is 0 Å². The molecule has 26 heavy (non-hydrogen) atoms. The lowest BCUT2D eigenvalue weighted by atomic mass is 10.1. The standard InChI is InChI=1S/C18H34F3N5/c1-3-22-17(23-8-12-24(2)15-18(19,20)21)26-11-7-16(14-26)13-25-9-5-4-6-10-25/h16H,3-15H2,1-2H3,(H,22,23).